The smallest absolute Gasteiger partial charge is 0.350 e. The molecule has 0 spiro atoms. The third-order valence-corrected chi connectivity index (χ3v) is 6.40. The highest BCUT2D eigenvalue weighted by molar-refractivity contribution is 7.17. The Hall–Kier alpha value is -3.98. The lowest BCUT2D eigenvalue weighted by Crippen LogP contribution is -2.29. The molecule has 1 saturated heterocycles. The molecule has 168 valence electrons. The number of amides is 1. The molecule has 3 aromatic rings. The minimum absolute atomic E-state index is 0.0769. The van der Waals surface area contributed by atoms with Crippen molar-refractivity contribution in [3.63, 3.8) is 0 Å². The number of aliphatic hydroxyl groups excluding tert-OH is 1. The van der Waals surface area contributed by atoms with Crippen molar-refractivity contribution in [1.82, 2.24) is 4.98 Å². The first-order valence-corrected chi connectivity index (χ1v) is 10.7. The van der Waals surface area contributed by atoms with Gasteiger partial charge in [-0.25, -0.2) is 9.78 Å². The summed E-state index contributed by atoms with van der Waals surface area (Å²) in [5.41, 5.74) is 1.24. The number of anilines is 1. The van der Waals surface area contributed by atoms with Crippen LogP contribution >= 0.6 is 11.3 Å². The van der Waals surface area contributed by atoms with E-state index in [1.165, 1.54) is 19.1 Å². The molecule has 0 saturated carbocycles. The molecule has 0 radical (unpaired) electrons. The maximum atomic E-state index is 13.2. The van der Waals surface area contributed by atoms with Crippen LogP contribution in [0.1, 0.15) is 32.5 Å². The van der Waals surface area contributed by atoms with Gasteiger partial charge in [-0.3, -0.25) is 14.5 Å². The average molecular weight is 464 g/mol. The van der Waals surface area contributed by atoms with Crippen molar-refractivity contribution < 1.29 is 29.0 Å². The van der Waals surface area contributed by atoms with E-state index in [1.807, 2.05) is 0 Å². The number of ketones is 1. The normalized spacial score (nSPS) is 17.3. The Bertz CT molecular complexity index is 1280. The molecule has 1 aliphatic heterocycles. The van der Waals surface area contributed by atoms with Crippen LogP contribution in [0.25, 0.3) is 5.76 Å². The zero-order chi connectivity index (χ0) is 23.7. The molecule has 1 fully saturated rings. The Morgan fingerprint density at radius 1 is 1.09 bits per heavy atom. The van der Waals surface area contributed by atoms with Gasteiger partial charge in [0.1, 0.15) is 16.4 Å². The van der Waals surface area contributed by atoms with Crippen LogP contribution in [0.3, 0.4) is 0 Å². The largest absolute Gasteiger partial charge is 0.507 e. The van der Waals surface area contributed by atoms with Crippen LogP contribution in [0.5, 0.6) is 5.75 Å². The van der Waals surface area contributed by atoms with Gasteiger partial charge in [-0.1, -0.05) is 53.8 Å². The van der Waals surface area contributed by atoms with E-state index < -0.39 is 23.7 Å². The fourth-order valence-corrected chi connectivity index (χ4v) is 4.69. The molecule has 1 amide bonds. The van der Waals surface area contributed by atoms with Gasteiger partial charge >= 0.3 is 11.9 Å². The predicted octanol–water partition coefficient (Wildman–Crippen LogP) is 3.87. The van der Waals surface area contributed by atoms with Gasteiger partial charge in [-0.2, -0.15) is 0 Å². The minimum Gasteiger partial charge on any atom is -0.507 e. The summed E-state index contributed by atoms with van der Waals surface area (Å²) in [7, 11) is 2.75. The molecule has 1 aromatic heterocycles. The van der Waals surface area contributed by atoms with Gasteiger partial charge in [0.15, 0.2) is 5.13 Å². The van der Waals surface area contributed by atoms with Crippen molar-refractivity contribution in [2.45, 2.75) is 13.0 Å². The first kappa shape index (κ1) is 22.2. The molecule has 0 bridgehead atoms. The van der Waals surface area contributed by atoms with E-state index in [4.69, 9.17) is 9.47 Å². The molecular formula is C24H20N2O6S. The Balaban J connectivity index is 1.92. The molecule has 33 heavy (non-hydrogen) atoms. The zero-order valence-corrected chi connectivity index (χ0v) is 18.9. The number of hydrogen-bond acceptors (Lipinski definition) is 8. The molecule has 1 unspecified atom stereocenters. The van der Waals surface area contributed by atoms with E-state index in [2.05, 4.69) is 4.98 Å². The number of methoxy groups -OCH3 is 2. The Labute approximate surface area is 193 Å². The first-order chi connectivity index (χ1) is 15.9. The molecule has 8 nitrogen and oxygen atoms in total. The summed E-state index contributed by atoms with van der Waals surface area (Å²) in [6, 6.07) is 14.5. The van der Waals surface area contributed by atoms with Crippen LogP contribution in [0.4, 0.5) is 5.13 Å². The SMILES string of the molecule is COC(=O)c1sc(N2C(=O)C(=O)/C(=C(/O)c3cccc(OC)c3)C2c2ccccc2)nc1C. The van der Waals surface area contributed by atoms with Crippen molar-refractivity contribution >= 4 is 39.9 Å². The second kappa shape index (κ2) is 8.87. The summed E-state index contributed by atoms with van der Waals surface area (Å²) in [4.78, 5) is 44.2. The van der Waals surface area contributed by atoms with Gasteiger partial charge in [-0.05, 0) is 24.6 Å². The van der Waals surface area contributed by atoms with E-state index in [0.29, 0.717) is 22.6 Å². The van der Waals surface area contributed by atoms with Crippen LogP contribution in [-0.2, 0) is 14.3 Å². The van der Waals surface area contributed by atoms with Crippen LogP contribution in [0.15, 0.2) is 60.2 Å². The number of benzene rings is 2. The summed E-state index contributed by atoms with van der Waals surface area (Å²) < 4.78 is 10.0. The number of rotatable bonds is 5. The predicted molar refractivity (Wildman–Crippen MR) is 122 cm³/mol. The molecule has 1 aliphatic rings. The number of Topliss-reactive ketones (excluding diaryl/α,β-unsaturated/α-hetero) is 1. The molecule has 1 N–H and O–H groups in total. The number of carbonyl (C=O) groups is 3. The molecule has 2 heterocycles. The van der Waals surface area contributed by atoms with Gasteiger partial charge in [0.05, 0.1) is 31.5 Å². The summed E-state index contributed by atoms with van der Waals surface area (Å²) in [5.74, 6) is -2.12. The Morgan fingerprint density at radius 2 is 1.82 bits per heavy atom. The summed E-state index contributed by atoms with van der Waals surface area (Å²) in [5, 5.41) is 11.3. The second-order valence-corrected chi connectivity index (χ2v) is 8.19. The van der Waals surface area contributed by atoms with Crippen LogP contribution in [0.2, 0.25) is 0 Å². The highest BCUT2D eigenvalue weighted by atomic mass is 32.1. The van der Waals surface area contributed by atoms with Crippen molar-refractivity contribution in [2.75, 3.05) is 19.1 Å². The highest BCUT2D eigenvalue weighted by Gasteiger charge is 2.48. The maximum Gasteiger partial charge on any atom is 0.350 e. The third kappa shape index (κ3) is 3.87. The molecule has 0 aliphatic carbocycles. The minimum atomic E-state index is -0.937. The van der Waals surface area contributed by atoms with Gasteiger partial charge in [0, 0.05) is 5.56 Å². The second-order valence-electron chi connectivity index (χ2n) is 7.21. The van der Waals surface area contributed by atoms with Crippen LogP contribution in [0, 0.1) is 6.92 Å². The fraction of sp³-hybridized carbons (Fsp3) is 0.167. The monoisotopic (exact) mass is 464 g/mol. The van der Waals surface area contributed by atoms with Gasteiger partial charge in [0.25, 0.3) is 5.78 Å². The number of aliphatic hydroxyl groups is 1. The number of thiazole rings is 1. The highest BCUT2D eigenvalue weighted by Crippen LogP contribution is 2.44. The molecule has 4 rings (SSSR count). The van der Waals surface area contributed by atoms with Crippen LogP contribution in [-0.4, -0.2) is 42.0 Å². The van der Waals surface area contributed by atoms with Crippen molar-refractivity contribution in [3.05, 3.63) is 81.9 Å². The standard InChI is InChI=1S/C24H20N2O6S/c1-13-21(23(30)32-3)33-24(25-13)26-18(14-8-5-4-6-9-14)17(20(28)22(26)29)19(27)15-10-7-11-16(12-15)31-2/h4-12,18,27H,1-3H3/b19-17+. The van der Waals surface area contributed by atoms with Gasteiger partial charge in [0.2, 0.25) is 0 Å². The number of aromatic nitrogens is 1. The first-order valence-electron chi connectivity index (χ1n) is 9.93. The zero-order valence-electron chi connectivity index (χ0n) is 18.1. The van der Waals surface area contributed by atoms with Crippen molar-refractivity contribution in [2.24, 2.45) is 0 Å². The van der Waals surface area contributed by atoms with E-state index in [9.17, 15) is 19.5 Å². The number of carbonyl (C=O) groups excluding carboxylic acids is 3. The van der Waals surface area contributed by atoms with E-state index in [1.54, 1.807) is 61.5 Å². The number of hydrogen-bond donors (Lipinski definition) is 1. The Morgan fingerprint density at radius 3 is 2.48 bits per heavy atom. The third-order valence-electron chi connectivity index (χ3n) is 5.27. The molecular weight excluding hydrogens is 444 g/mol. The van der Waals surface area contributed by atoms with E-state index in [-0.39, 0.29) is 21.3 Å². The van der Waals surface area contributed by atoms with E-state index >= 15 is 0 Å². The number of aryl methyl sites for hydroxylation is 1. The quantitative estimate of drug-likeness (QED) is 0.264. The van der Waals surface area contributed by atoms with E-state index in [0.717, 1.165) is 11.3 Å². The molecule has 2 aromatic carbocycles. The topological polar surface area (TPSA) is 106 Å². The maximum absolute atomic E-state index is 13.2. The fourth-order valence-electron chi connectivity index (χ4n) is 3.67. The van der Waals surface area contributed by atoms with Gasteiger partial charge < -0.3 is 14.6 Å². The Kier molecular flexibility index (Phi) is 5.97. The van der Waals surface area contributed by atoms with Crippen molar-refractivity contribution in [3.8, 4) is 5.75 Å². The van der Waals surface area contributed by atoms with Crippen LogP contribution < -0.4 is 9.64 Å². The average Bonchev–Trinajstić information content (AvgIpc) is 3.35. The number of esters is 1. The summed E-state index contributed by atoms with van der Waals surface area (Å²) in [6.07, 6.45) is 0. The van der Waals surface area contributed by atoms with Gasteiger partial charge in [-0.15, -0.1) is 0 Å². The number of nitrogens with zero attached hydrogens (tertiary/aromatic N) is 2. The summed E-state index contributed by atoms with van der Waals surface area (Å²) in [6.45, 7) is 1.62. The van der Waals surface area contributed by atoms with Crippen molar-refractivity contribution in [1.29, 1.82) is 0 Å². The number of ether oxygens (including phenoxy) is 2. The summed E-state index contributed by atoms with van der Waals surface area (Å²) >= 11 is 0.952. The molecule has 1 atom stereocenters. The lowest BCUT2D eigenvalue weighted by Gasteiger charge is -2.23. The lowest BCUT2D eigenvalue weighted by molar-refractivity contribution is -0.132. The lowest BCUT2D eigenvalue weighted by atomic mass is 9.95. The molecule has 9 heteroatoms.